The molecule has 8 heteroatoms. The molecule has 1 atom stereocenters. The molecule has 0 spiro atoms. The van der Waals surface area contributed by atoms with Gasteiger partial charge in [-0.1, -0.05) is 18.5 Å². The first kappa shape index (κ1) is 19.9. The topological polar surface area (TPSA) is 44.8 Å². The van der Waals surface area contributed by atoms with Crippen LogP contribution in [0.4, 0.5) is 13.2 Å². The Labute approximate surface area is 153 Å². The molecule has 0 bridgehead atoms. The zero-order valence-corrected chi connectivity index (χ0v) is 14.7. The van der Waals surface area contributed by atoms with Crippen LogP contribution >= 0.6 is 11.6 Å². The molecular formula is C18H16ClF3O4. The van der Waals surface area contributed by atoms with Crippen LogP contribution in [0.3, 0.4) is 0 Å². The van der Waals surface area contributed by atoms with Crippen LogP contribution in [0.2, 0.25) is 5.02 Å². The Morgan fingerprint density at radius 3 is 2.23 bits per heavy atom. The lowest BCUT2D eigenvalue weighted by Gasteiger charge is -2.15. The lowest BCUT2D eigenvalue weighted by molar-refractivity contribution is -0.149. The first-order valence-electron chi connectivity index (χ1n) is 7.63. The van der Waals surface area contributed by atoms with Crippen molar-refractivity contribution in [2.24, 2.45) is 0 Å². The van der Waals surface area contributed by atoms with Gasteiger partial charge in [-0.15, -0.1) is 0 Å². The minimum atomic E-state index is -4.48. The molecule has 0 saturated carbocycles. The quantitative estimate of drug-likeness (QED) is 0.614. The molecular weight excluding hydrogens is 373 g/mol. The summed E-state index contributed by atoms with van der Waals surface area (Å²) in [7, 11) is 1.28. The van der Waals surface area contributed by atoms with Gasteiger partial charge in [0.15, 0.2) is 6.10 Å². The molecule has 2 aromatic rings. The SMILES string of the molecule is CCC(Oc1ccc(Oc2ccc(C(F)(F)F)cc2Cl)cc1)C(=O)OC. The second-order valence-corrected chi connectivity index (χ2v) is 5.66. The predicted molar refractivity (Wildman–Crippen MR) is 89.7 cm³/mol. The zero-order valence-electron chi connectivity index (χ0n) is 14.0. The van der Waals surface area contributed by atoms with Crippen molar-refractivity contribution in [1.82, 2.24) is 0 Å². The van der Waals surface area contributed by atoms with Crippen molar-refractivity contribution in [3.8, 4) is 17.2 Å². The van der Waals surface area contributed by atoms with E-state index in [0.717, 1.165) is 18.2 Å². The molecule has 2 aromatic carbocycles. The standard InChI is InChI=1S/C18H16ClF3O4/c1-3-15(17(23)24-2)25-12-5-7-13(8-6-12)26-16-9-4-11(10-14(16)19)18(20,21)22/h4-10,15H,3H2,1-2H3. The predicted octanol–water partition coefficient (Wildman–Crippen LogP) is 5.48. The number of hydrogen-bond acceptors (Lipinski definition) is 4. The molecule has 1 unspecified atom stereocenters. The maximum absolute atomic E-state index is 12.6. The van der Waals surface area contributed by atoms with E-state index in [-0.39, 0.29) is 10.8 Å². The van der Waals surface area contributed by atoms with Crippen LogP contribution in [0.15, 0.2) is 42.5 Å². The summed E-state index contributed by atoms with van der Waals surface area (Å²) in [4.78, 5) is 11.5. The summed E-state index contributed by atoms with van der Waals surface area (Å²) < 4.78 is 53.6. The summed E-state index contributed by atoms with van der Waals surface area (Å²) in [5, 5.41) is -0.156. The van der Waals surface area contributed by atoms with Crippen molar-refractivity contribution in [1.29, 1.82) is 0 Å². The molecule has 140 valence electrons. The molecule has 0 aliphatic rings. The third kappa shape index (κ3) is 5.05. The number of methoxy groups -OCH3 is 1. The third-order valence-corrected chi connectivity index (χ3v) is 3.72. The molecule has 0 heterocycles. The van der Waals surface area contributed by atoms with Crippen LogP contribution in [0.1, 0.15) is 18.9 Å². The monoisotopic (exact) mass is 388 g/mol. The fourth-order valence-corrected chi connectivity index (χ4v) is 2.29. The minimum Gasteiger partial charge on any atom is -0.479 e. The number of benzene rings is 2. The van der Waals surface area contributed by atoms with Crippen LogP contribution in [0, 0.1) is 0 Å². The van der Waals surface area contributed by atoms with Gasteiger partial charge in [0.25, 0.3) is 0 Å². The highest BCUT2D eigenvalue weighted by Gasteiger charge is 2.31. The average molecular weight is 389 g/mol. The van der Waals surface area contributed by atoms with Gasteiger partial charge >= 0.3 is 12.1 Å². The number of carbonyl (C=O) groups excluding carboxylic acids is 1. The molecule has 0 N–H and O–H groups in total. The van der Waals surface area contributed by atoms with Crippen molar-refractivity contribution >= 4 is 17.6 Å². The first-order chi connectivity index (χ1) is 12.2. The van der Waals surface area contributed by atoms with E-state index < -0.39 is 23.8 Å². The average Bonchev–Trinajstić information content (AvgIpc) is 2.61. The summed E-state index contributed by atoms with van der Waals surface area (Å²) in [5.74, 6) is 0.386. The second kappa shape index (κ2) is 8.31. The van der Waals surface area contributed by atoms with Gasteiger partial charge < -0.3 is 14.2 Å². The van der Waals surface area contributed by atoms with Gasteiger partial charge in [0.1, 0.15) is 17.2 Å². The molecule has 4 nitrogen and oxygen atoms in total. The maximum atomic E-state index is 12.6. The summed E-state index contributed by atoms with van der Waals surface area (Å²) >= 11 is 5.85. The van der Waals surface area contributed by atoms with E-state index in [1.165, 1.54) is 7.11 Å². The fraction of sp³-hybridized carbons (Fsp3) is 0.278. The Bertz CT molecular complexity index is 760. The summed E-state index contributed by atoms with van der Waals surface area (Å²) in [6.07, 6.45) is -4.76. The lowest BCUT2D eigenvalue weighted by Crippen LogP contribution is -2.27. The van der Waals surface area contributed by atoms with Crippen LogP contribution in [0.5, 0.6) is 17.2 Å². The molecule has 26 heavy (non-hydrogen) atoms. The van der Waals surface area contributed by atoms with Gasteiger partial charge in [0.2, 0.25) is 0 Å². The summed E-state index contributed by atoms with van der Waals surface area (Å²) in [5.41, 5.74) is -0.855. The molecule has 0 amide bonds. The van der Waals surface area contributed by atoms with E-state index in [1.807, 2.05) is 0 Å². The Balaban J connectivity index is 2.09. The number of esters is 1. The number of hydrogen-bond donors (Lipinski definition) is 0. The Morgan fingerprint density at radius 1 is 1.12 bits per heavy atom. The molecule has 0 aliphatic carbocycles. The highest BCUT2D eigenvalue weighted by Crippen LogP contribution is 2.36. The second-order valence-electron chi connectivity index (χ2n) is 5.25. The zero-order chi connectivity index (χ0) is 19.3. The van der Waals surface area contributed by atoms with Crippen LogP contribution in [-0.2, 0) is 15.7 Å². The number of ether oxygens (including phenoxy) is 3. The van der Waals surface area contributed by atoms with E-state index in [4.69, 9.17) is 21.1 Å². The van der Waals surface area contributed by atoms with Gasteiger partial charge in [-0.3, -0.25) is 0 Å². The van der Waals surface area contributed by atoms with E-state index in [2.05, 4.69) is 4.74 Å². The number of halogens is 4. The van der Waals surface area contributed by atoms with E-state index in [9.17, 15) is 18.0 Å². The van der Waals surface area contributed by atoms with Gasteiger partial charge in [0.05, 0.1) is 17.7 Å². The van der Waals surface area contributed by atoms with Crippen molar-refractivity contribution in [2.45, 2.75) is 25.6 Å². The summed E-state index contributed by atoms with van der Waals surface area (Å²) in [6.45, 7) is 1.78. The molecule has 0 fully saturated rings. The highest BCUT2D eigenvalue weighted by atomic mass is 35.5. The molecule has 2 rings (SSSR count). The number of rotatable bonds is 6. The first-order valence-corrected chi connectivity index (χ1v) is 8.01. The largest absolute Gasteiger partial charge is 0.479 e. The van der Waals surface area contributed by atoms with E-state index in [1.54, 1.807) is 31.2 Å². The highest BCUT2D eigenvalue weighted by molar-refractivity contribution is 6.32. The Kier molecular flexibility index (Phi) is 6.37. The van der Waals surface area contributed by atoms with Gasteiger partial charge in [-0.25, -0.2) is 4.79 Å². The molecule has 0 aromatic heterocycles. The van der Waals surface area contributed by atoms with Crippen LogP contribution < -0.4 is 9.47 Å². The van der Waals surface area contributed by atoms with Crippen LogP contribution in [-0.4, -0.2) is 19.2 Å². The maximum Gasteiger partial charge on any atom is 0.416 e. The minimum absolute atomic E-state index is 0.0920. The van der Waals surface area contributed by atoms with E-state index in [0.29, 0.717) is 17.9 Å². The normalized spacial score (nSPS) is 12.4. The third-order valence-electron chi connectivity index (χ3n) is 3.42. The van der Waals surface area contributed by atoms with Crippen LogP contribution in [0.25, 0.3) is 0 Å². The molecule has 0 radical (unpaired) electrons. The fourth-order valence-electron chi connectivity index (χ4n) is 2.07. The molecule has 0 saturated heterocycles. The van der Waals surface area contributed by atoms with Crippen molar-refractivity contribution in [3.05, 3.63) is 53.1 Å². The van der Waals surface area contributed by atoms with Crippen molar-refractivity contribution in [2.75, 3.05) is 7.11 Å². The van der Waals surface area contributed by atoms with E-state index >= 15 is 0 Å². The molecule has 0 aliphatic heterocycles. The summed E-state index contributed by atoms with van der Waals surface area (Å²) in [6, 6.07) is 9.08. The smallest absolute Gasteiger partial charge is 0.416 e. The lowest BCUT2D eigenvalue weighted by atomic mass is 10.2. The number of alkyl halides is 3. The van der Waals surface area contributed by atoms with Gasteiger partial charge in [-0.05, 0) is 48.9 Å². The Morgan fingerprint density at radius 2 is 1.73 bits per heavy atom. The van der Waals surface area contributed by atoms with Crippen molar-refractivity contribution in [3.63, 3.8) is 0 Å². The number of carbonyl (C=O) groups is 1. The Hall–Kier alpha value is -2.41. The van der Waals surface area contributed by atoms with Gasteiger partial charge in [-0.2, -0.15) is 13.2 Å². The van der Waals surface area contributed by atoms with Gasteiger partial charge in [0, 0.05) is 0 Å². The van der Waals surface area contributed by atoms with Crippen molar-refractivity contribution < 1.29 is 32.2 Å².